The molecule has 1 heterocycles. The third kappa shape index (κ3) is 3.06. The third-order valence-corrected chi connectivity index (χ3v) is 2.51. The van der Waals surface area contributed by atoms with E-state index >= 15 is 0 Å². The van der Waals surface area contributed by atoms with Crippen molar-refractivity contribution in [3.63, 3.8) is 0 Å². The molecule has 0 bridgehead atoms. The second kappa shape index (κ2) is 6.10. The zero-order valence-electron chi connectivity index (χ0n) is 10.3. The van der Waals surface area contributed by atoms with Crippen LogP contribution < -0.4 is 11.2 Å². The fraction of sp³-hybridized carbons (Fsp3) is 0. The van der Waals surface area contributed by atoms with Crippen LogP contribution in [-0.2, 0) is 0 Å². The van der Waals surface area contributed by atoms with E-state index in [1.54, 1.807) is 0 Å². The molecule has 0 atom stereocenters. The van der Waals surface area contributed by atoms with Gasteiger partial charge in [0.05, 0.1) is 11.8 Å². The summed E-state index contributed by atoms with van der Waals surface area (Å²) in [6.45, 7) is 0. The first kappa shape index (κ1) is 15.9. The standard InChI is InChI=1S/C11H5ClF5N5/c12-4-1-5(18)21-11(20-4)22-19-2-3-6(13)8(15)10(17)9(16)7(3)14/h1-2H,(H3,18,20,21,22). The van der Waals surface area contributed by atoms with Gasteiger partial charge in [0, 0.05) is 6.07 Å². The van der Waals surface area contributed by atoms with Crippen LogP contribution in [0.25, 0.3) is 0 Å². The van der Waals surface area contributed by atoms with Gasteiger partial charge in [0.15, 0.2) is 23.3 Å². The highest BCUT2D eigenvalue weighted by molar-refractivity contribution is 6.29. The molecule has 0 unspecified atom stereocenters. The molecule has 1 aromatic carbocycles. The van der Waals surface area contributed by atoms with E-state index in [1.807, 2.05) is 0 Å². The molecule has 0 radical (unpaired) electrons. The molecule has 0 amide bonds. The Labute approximate surface area is 124 Å². The van der Waals surface area contributed by atoms with E-state index in [0.29, 0.717) is 6.21 Å². The van der Waals surface area contributed by atoms with Crippen LogP contribution in [-0.4, -0.2) is 16.2 Å². The van der Waals surface area contributed by atoms with Gasteiger partial charge in [-0.05, 0) is 0 Å². The third-order valence-electron chi connectivity index (χ3n) is 2.32. The number of halogens is 6. The molecule has 0 fully saturated rings. The van der Waals surface area contributed by atoms with Crippen molar-refractivity contribution >= 4 is 29.6 Å². The second-order valence-corrected chi connectivity index (χ2v) is 4.18. The number of hydrogen-bond acceptors (Lipinski definition) is 5. The van der Waals surface area contributed by atoms with Crippen LogP contribution in [0.3, 0.4) is 0 Å². The Morgan fingerprint density at radius 1 is 1.00 bits per heavy atom. The first-order valence-electron chi connectivity index (χ1n) is 5.41. The zero-order valence-corrected chi connectivity index (χ0v) is 11.1. The molecule has 0 aliphatic carbocycles. The average molecular weight is 338 g/mol. The summed E-state index contributed by atoms with van der Waals surface area (Å²) in [7, 11) is 0. The number of anilines is 2. The first-order chi connectivity index (χ1) is 10.3. The van der Waals surface area contributed by atoms with Crippen molar-refractivity contribution in [2.45, 2.75) is 0 Å². The van der Waals surface area contributed by atoms with Gasteiger partial charge in [-0.2, -0.15) is 15.1 Å². The van der Waals surface area contributed by atoms with Crippen LogP contribution >= 0.6 is 11.6 Å². The van der Waals surface area contributed by atoms with Crippen molar-refractivity contribution in [2.75, 3.05) is 11.2 Å². The summed E-state index contributed by atoms with van der Waals surface area (Å²) in [5.41, 5.74) is 6.23. The molecule has 2 rings (SSSR count). The summed E-state index contributed by atoms with van der Waals surface area (Å²) in [5.74, 6) is -10.7. The van der Waals surface area contributed by atoms with E-state index in [-0.39, 0.29) is 16.9 Å². The van der Waals surface area contributed by atoms with Crippen LogP contribution in [0.15, 0.2) is 11.2 Å². The average Bonchev–Trinajstić information content (AvgIpc) is 2.46. The molecule has 11 heteroatoms. The Morgan fingerprint density at radius 2 is 1.55 bits per heavy atom. The van der Waals surface area contributed by atoms with Crippen molar-refractivity contribution in [1.82, 2.24) is 9.97 Å². The minimum Gasteiger partial charge on any atom is -0.383 e. The number of nitrogens with one attached hydrogen (secondary N) is 1. The lowest BCUT2D eigenvalue weighted by Crippen LogP contribution is -2.07. The van der Waals surface area contributed by atoms with Crippen LogP contribution in [0, 0.1) is 29.1 Å². The molecule has 22 heavy (non-hydrogen) atoms. The number of nitrogen functional groups attached to an aromatic ring is 1. The van der Waals surface area contributed by atoms with Crippen molar-refractivity contribution in [3.05, 3.63) is 45.9 Å². The normalized spacial score (nSPS) is 11.2. The highest BCUT2D eigenvalue weighted by Gasteiger charge is 2.24. The molecule has 5 nitrogen and oxygen atoms in total. The fourth-order valence-electron chi connectivity index (χ4n) is 1.37. The quantitative estimate of drug-likeness (QED) is 0.225. The summed E-state index contributed by atoms with van der Waals surface area (Å²) >= 11 is 5.57. The van der Waals surface area contributed by atoms with Gasteiger partial charge in [-0.3, -0.25) is 0 Å². The Bertz CT molecular complexity index is 718. The molecule has 0 aliphatic heterocycles. The summed E-state index contributed by atoms with van der Waals surface area (Å²) in [6.07, 6.45) is 0.386. The molecule has 0 aliphatic rings. The van der Waals surface area contributed by atoms with Gasteiger partial charge in [-0.15, -0.1) is 0 Å². The molecule has 3 N–H and O–H groups in total. The van der Waals surface area contributed by atoms with Crippen LogP contribution in [0.1, 0.15) is 5.56 Å². The summed E-state index contributed by atoms with van der Waals surface area (Å²) in [5, 5.41) is 3.24. The van der Waals surface area contributed by atoms with Gasteiger partial charge in [0.1, 0.15) is 11.0 Å². The molecule has 0 saturated heterocycles. The minimum atomic E-state index is -2.26. The predicted molar refractivity (Wildman–Crippen MR) is 68.9 cm³/mol. The predicted octanol–water partition coefficient (Wildman–Crippen LogP) is 2.85. The maximum Gasteiger partial charge on any atom is 0.246 e. The Kier molecular flexibility index (Phi) is 4.40. The number of aromatic nitrogens is 2. The monoisotopic (exact) mass is 337 g/mol. The number of benzene rings is 1. The summed E-state index contributed by atoms with van der Waals surface area (Å²) in [6, 6.07) is 1.22. The van der Waals surface area contributed by atoms with Crippen molar-refractivity contribution in [3.8, 4) is 0 Å². The lowest BCUT2D eigenvalue weighted by molar-refractivity contribution is 0.377. The van der Waals surface area contributed by atoms with Crippen LogP contribution in [0.5, 0.6) is 0 Å². The van der Waals surface area contributed by atoms with Crippen LogP contribution in [0.2, 0.25) is 5.15 Å². The van der Waals surface area contributed by atoms with Gasteiger partial charge in [-0.25, -0.2) is 27.4 Å². The molecular weight excluding hydrogens is 333 g/mol. The molecule has 0 saturated carbocycles. The minimum absolute atomic E-state index is 0.0195. The topological polar surface area (TPSA) is 76.2 Å². The van der Waals surface area contributed by atoms with Gasteiger partial charge in [0.2, 0.25) is 11.8 Å². The van der Waals surface area contributed by atoms with Gasteiger partial charge in [-0.1, -0.05) is 11.6 Å². The van der Waals surface area contributed by atoms with Crippen molar-refractivity contribution in [1.29, 1.82) is 0 Å². The smallest absolute Gasteiger partial charge is 0.246 e. The summed E-state index contributed by atoms with van der Waals surface area (Å²) in [4.78, 5) is 7.23. The number of nitrogens with zero attached hydrogens (tertiary/aromatic N) is 3. The molecular formula is C11H5ClF5N5. The molecule has 0 spiro atoms. The number of rotatable bonds is 3. The fourth-order valence-corrected chi connectivity index (χ4v) is 1.57. The number of hydrogen-bond donors (Lipinski definition) is 2. The van der Waals surface area contributed by atoms with Gasteiger partial charge < -0.3 is 5.73 Å². The van der Waals surface area contributed by atoms with E-state index in [0.717, 1.165) is 0 Å². The lowest BCUT2D eigenvalue weighted by atomic mass is 10.2. The highest BCUT2D eigenvalue weighted by atomic mass is 35.5. The SMILES string of the molecule is Nc1cc(Cl)nc(NN=Cc2c(F)c(F)c(F)c(F)c2F)n1. The van der Waals surface area contributed by atoms with Crippen molar-refractivity contribution < 1.29 is 22.0 Å². The van der Waals surface area contributed by atoms with E-state index in [4.69, 9.17) is 17.3 Å². The molecule has 116 valence electrons. The lowest BCUT2D eigenvalue weighted by Gasteiger charge is -2.04. The first-order valence-corrected chi connectivity index (χ1v) is 5.79. The summed E-state index contributed by atoms with van der Waals surface area (Å²) < 4.78 is 65.4. The van der Waals surface area contributed by atoms with Crippen LogP contribution in [0.4, 0.5) is 33.7 Å². The van der Waals surface area contributed by atoms with E-state index in [1.165, 1.54) is 6.07 Å². The Morgan fingerprint density at radius 3 is 2.09 bits per heavy atom. The van der Waals surface area contributed by atoms with Crippen molar-refractivity contribution in [2.24, 2.45) is 5.10 Å². The Balaban J connectivity index is 2.31. The second-order valence-electron chi connectivity index (χ2n) is 3.79. The Hall–Kier alpha value is -2.49. The van der Waals surface area contributed by atoms with Gasteiger partial charge >= 0.3 is 0 Å². The van der Waals surface area contributed by atoms with Gasteiger partial charge in [0.25, 0.3) is 0 Å². The maximum atomic E-state index is 13.3. The highest BCUT2D eigenvalue weighted by Crippen LogP contribution is 2.21. The van der Waals surface area contributed by atoms with E-state index in [9.17, 15) is 22.0 Å². The number of nitrogens with two attached hydrogens (primary N) is 1. The zero-order chi connectivity index (χ0) is 16.4. The molecule has 1 aromatic heterocycles. The van der Waals surface area contributed by atoms with E-state index < -0.39 is 34.6 Å². The number of hydrazone groups is 1. The molecule has 2 aromatic rings. The van der Waals surface area contributed by atoms with E-state index in [2.05, 4.69) is 20.5 Å². The maximum absolute atomic E-state index is 13.3. The largest absolute Gasteiger partial charge is 0.383 e.